The van der Waals surface area contributed by atoms with Crippen molar-refractivity contribution in [1.29, 1.82) is 0 Å². The van der Waals surface area contributed by atoms with Gasteiger partial charge in [-0.05, 0) is 36.4 Å². The Morgan fingerprint density at radius 1 is 0.812 bits per heavy atom. The van der Waals surface area contributed by atoms with Crippen molar-refractivity contribution in [2.24, 2.45) is 0 Å². The van der Waals surface area contributed by atoms with Crippen molar-refractivity contribution < 1.29 is 9.53 Å². The number of nitrogens with one attached hydrogen (secondary N) is 1. The Kier molecular flexibility index (Phi) is 4.72. The minimum Gasteiger partial charge on any atom is -0.408 e. The molecular formula is C26H25N4O2+. The van der Waals surface area contributed by atoms with Crippen LogP contribution in [0, 0.1) is 0 Å². The zero-order valence-corrected chi connectivity index (χ0v) is 18.3. The largest absolute Gasteiger partial charge is 0.417 e. The van der Waals surface area contributed by atoms with Crippen LogP contribution >= 0.6 is 0 Å². The molecule has 0 saturated carbocycles. The molecule has 0 aliphatic heterocycles. The summed E-state index contributed by atoms with van der Waals surface area (Å²) in [5.41, 5.74) is 3.67. The summed E-state index contributed by atoms with van der Waals surface area (Å²) < 4.78 is 10.7. The maximum Gasteiger partial charge on any atom is 0.417 e. The van der Waals surface area contributed by atoms with Crippen molar-refractivity contribution in [2.45, 2.75) is 0 Å². The molecule has 0 saturated heterocycles. The van der Waals surface area contributed by atoms with Gasteiger partial charge in [-0.15, -0.1) is 0 Å². The van der Waals surface area contributed by atoms with E-state index in [1.165, 1.54) is 5.39 Å². The van der Waals surface area contributed by atoms with E-state index in [0.717, 1.165) is 22.2 Å². The molecule has 0 atom stereocenters. The molecule has 2 heterocycles. The number of amides is 1. The van der Waals surface area contributed by atoms with Gasteiger partial charge in [0.1, 0.15) is 5.52 Å². The minimum atomic E-state index is -0.529. The molecule has 0 fully saturated rings. The standard InChI is InChI=1S/C26H24N4O2/c1-30(2,3)29-22-14-8-7-13-20(22)21-17-18-28(25(21)29)23-15-9-10-16-24(23)32-26(31)27-19-11-5-4-6-12-19/h4-18H,1-3H3/p+1. The van der Waals surface area contributed by atoms with Gasteiger partial charge in [0.15, 0.2) is 11.4 Å². The first-order valence-electron chi connectivity index (χ1n) is 10.5. The Labute approximate surface area is 186 Å². The maximum atomic E-state index is 12.6. The molecule has 0 aliphatic carbocycles. The molecule has 5 aromatic rings. The van der Waals surface area contributed by atoms with E-state index in [0.29, 0.717) is 16.0 Å². The normalized spacial score (nSPS) is 11.7. The lowest BCUT2D eigenvalue weighted by Crippen LogP contribution is -2.46. The van der Waals surface area contributed by atoms with Crippen LogP contribution < -0.4 is 14.6 Å². The number of rotatable bonds is 4. The molecule has 3 aromatic carbocycles. The molecule has 0 bridgehead atoms. The van der Waals surface area contributed by atoms with Gasteiger partial charge in [-0.2, -0.15) is 4.68 Å². The van der Waals surface area contributed by atoms with Crippen molar-refractivity contribution in [3.63, 3.8) is 0 Å². The number of hydrogen-bond acceptors (Lipinski definition) is 2. The number of nitrogens with zero attached hydrogens (tertiary/aromatic N) is 3. The minimum absolute atomic E-state index is 0.483. The number of ether oxygens (including phenoxy) is 1. The van der Waals surface area contributed by atoms with E-state index in [1.807, 2.05) is 60.8 Å². The highest BCUT2D eigenvalue weighted by molar-refractivity contribution is 6.08. The van der Waals surface area contributed by atoms with Crippen LogP contribution in [-0.2, 0) is 0 Å². The molecule has 5 rings (SSSR count). The molecule has 0 radical (unpaired) electrons. The van der Waals surface area contributed by atoms with Crippen LogP contribution in [0.2, 0.25) is 0 Å². The fourth-order valence-corrected chi connectivity index (χ4v) is 4.16. The van der Waals surface area contributed by atoms with Crippen LogP contribution in [0.5, 0.6) is 5.75 Å². The number of quaternary nitrogens is 1. The first-order valence-corrected chi connectivity index (χ1v) is 10.5. The van der Waals surface area contributed by atoms with Crippen LogP contribution in [0.1, 0.15) is 0 Å². The predicted molar refractivity (Wildman–Crippen MR) is 130 cm³/mol. The Balaban J connectivity index is 1.62. The lowest BCUT2D eigenvalue weighted by atomic mass is 10.2. The van der Waals surface area contributed by atoms with Crippen molar-refractivity contribution in [3.05, 3.63) is 91.1 Å². The van der Waals surface area contributed by atoms with E-state index in [1.54, 1.807) is 0 Å². The number of para-hydroxylation sites is 4. The lowest BCUT2D eigenvalue weighted by Gasteiger charge is -2.27. The van der Waals surface area contributed by atoms with Crippen molar-refractivity contribution in [1.82, 2.24) is 13.8 Å². The number of benzene rings is 3. The van der Waals surface area contributed by atoms with E-state index in [2.05, 4.69) is 66.0 Å². The molecule has 32 heavy (non-hydrogen) atoms. The molecule has 0 unspecified atom stereocenters. The Morgan fingerprint density at radius 2 is 1.50 bits per heavy atom. The SMILES string of the molecule is C[N+](C)(C)n1c2ccccc2c2ccn(-c3ccccc3OC(=O)Nc3ccccc3)c21. The van der Waals surface area contributed by atoms with Gasteiger partial charge >= 0.3 is 6.09 Å². The maximum absolute atomic E-state index is 12.6. The third kappa shape index (κ3) is 3.40. The third-order valence-corrected chi connectivity index (χ3v) is 5.43. The zero-order chi connectivity index (χ0) is 22.3. The number of anilines is 1. The van der Waals surface area contributed by atoms with E-state index in [-0.39, 0.29) is 0 Å². The smallest absolute Gasteiger partial charge is 0.408 e. The zero-order valence-electron chi connectivity index (χ0n) is 18.3. The molecule has 6 nitrogen and oxygen atoms in total. The van der Waals surface area contributed by atoms with Gasteiger partial charge in [0.25, 0.3) is 0 Å². The fraction of sp³-hybridized carbons (Fsp3) is 0.115. The fourth-order valence-electron chi connectivity index (χ4n) is 4.16. The molecular weight excluding hydrogens is 400 g/mol. The second-order valence-corrected chi connectivity index (χ2v) is 8.54. The molecule has 0 spiro atoms. The van der Waals surface area contributed by atoms with Crippen molar-refractivity contribution in [3.8, 4) is 11.4 Å². The molecule has 6 heteroatoms. The van der Waals surface area contributed by atoms with Gasteiger partial charge in [0.2, 0.25) is 0 Å². The number of hydrogen-bond donors (Lipinski definition) is 1. The van der Waals surface area contributed by atoms with Gasteiger partial charge in [0, 0.05) is 22.7 Å². The lowest BCUT2D eigenvalue weighted by molar-refractivity contribution is 0.215. The summed E-state index contributed by atoms with van der Waals surface area (Å²) in [5, 5.41) is 5.12. The van der Waals surface area contributed by atoms with E-state index in [9.17, 15) is 4.79 Å². The summed E-state index contributed by atoms with van der Waals surface area (Å²) in [5.74, 6) is 0.483. The van der Waals surface area contributed by atoms with Crippen LogP contribution in [0.4, 0.5) is 10.5 Å². The van der Waals surface area contributed by atoms with Crippen LogP contribution in [0.15, 0.2) is 91.1 Å². The number of aromatic nitrogens is 2. The number of carbonyl (C=O) groups excluding carboxylic acids is 1. The summed E-state index contributed by atoms with van der Waals surface area (Å²) in [6.45, 7) is 0. The van der Waals surface area contributed by atoms with Crippen LogP contribution in [0.3, 0.4) is 0 Å². The first-order chi connectivity index (χ1) is 15.4. The molecule has 1 N–H and O–H groups in total. The highest BCUT2D eigenvalue weighted by atomic mass is 16.6. The highest BCUT2D eigenvalue weighted by Crippen LogP contribution is 2.34. The summed E-state index contributed by atoms with van der Waals surface area (Å²) in [6.07, 6.45) is 1.50. The van der Waals surface area contributed by atoms with Gasteiger partial charge in [-0.25, -0.2) is 9.39 Å². The number of carbonyl (C=O) groups is 1. The van der Waals surface area contributed by atoms with Gasteiger partial charge in [0.05, 0.1) is 26.8 Å². The summed E-state index contributed by atoms with van der Waals surface area (Å²) in [4.78, 5) is 12.6. The van der Waals surface area contributed by atoms with E-state index in [4.69, 9.17) is 4.74 Å². The topological polar surface area (TPSA) is 48.2 Å². The van der Waals surface area contributed by atoms with E-state index >= 15 is 0 Å². The Hall–Kier alpha value is -4.03. The third-order valence-electron chi connectivity index (χ3n) is 5.43. The predicted octanol–water partition coefficient (Wildman–Crippen LogP) is 5.52. The monoisotopic (exact) mass is 425 g/mol. The Bertz CT molecular complexity index is 1430. The van der Waals surface area contributed by atoms with E-state index < -0.39 is 6.09 Å². The first kappa shape index (κ1) is 19.9. The van der Waals surface area contributed by atoms with Gasteiger partial charge in [-0.1, -0.05) is 48.5 Å². The van der Waals surface area contributed by atoms with Gasteiger partial charge < -0.3 is 4.74 Å². The molecule has 160 valence electrons. The second-order valence-electron chi connectivity index (χ2n) is 8.54. The summed E-state index contributed by atoms with van der Waals surface area (Å²) in [7, 11) is 6.41. The van der Waals surface area contributed by atoms with Crippen LogP contribution in [-0.4, -0.2) is 36.5 Å². The van der Waals surface area contributed by atoms with Crippen LogP contribution in [0.25, 0.3) is 27.6 Å². The average Bonchev–Trinajstić information content (AvgIpc) is 3.32. The van der Waals surface area contributed by atoms with Gasteiger partial charge in [-0.3, -0.25) is 9.88 Å². The molecule has 1 amide bonds. The molecule has 0 aliphatic rings. The second kappa shape index (κ2) is 7.59. The summed E-state index contributed by atoms with van der Waals surface area (Å²) in [6, 6.07) is 27.4. The summed E-state index contributed by atoms with van der Waals surface area (Å²) >= 11 is 0. The average molecular weight is 426 g/mol. The number of fused-ring (bicyclic) bond motifs is 3. The van der Waals surface area contributed by atoms with Crippen molar-refractivity contribution >= 4 is 33.7 Å². The quantitative estimate of drug-likeness (QED) is 0.385. The molecule has 2 aromatic heterocycles. The Morgan fingerprint density at radius 3 is 2.28 bits per heavy atom. The highest BCUT2D eigenvalue weighted by Gasteiger charge is 2.24. The van der Waals surface area contributed by atoms with Crippen molar-refractivity contribution in [2.75, 3.05) is 26.5 Å².